The van der Waals surface area contributed by atoms with E-state index in [4.69, 9.17) is 9.47 Å². The highest BCUT2D eigenvalue weighted by Crippen LogP contribution is 2.28. The van der Waals surface area contributed by atoms with Crippen LogP contribution < -0.4 is 9.47 Å². The molecule has 0 atom stereocenters. The molecule has 0 aliphatic carbocycles. The van der Waals surface area contributed by atoms with Crippen molar-refractivity contribution in [3.63, 3.8) is 0 Å². The summed E-state index contributed by atoms with van der Waals surface area (Å²) in [6.07, 6.45) is 3.34. The molecule has 0 fully saturated rings. The molecule has 0 heterocycles. The second kappa shape index (κ2) is 9.28. The first-order valence-electron chi connectivity index (χ1n) is 8.02. The van der Waals surface area contributed by atoms with Crippen LogP contribution in [0, 0.1) is 0 Å². The van der Waals surface area contributed by atoms with E-state index in [1.54, 1.807) is 31.2 Å². The first kappa shape index (κ1) is 19.1. The fourth-order valence-electron chi connectivity index (χ4n) is 2.32. The second-order valence-electron chi connectivity index (χ2n) is 5.46. The van der Waals surface area contributed by atoms with Gasteiger partial charge in [0.25, 0.3) is 0 Å². The highest BCUT2D eigenvalue weighted by molar-refractivity contribution is 9.10. The lowest BCUT2D eigenvalue weighted by Gasteiger charge is -2.16. The fourth-order valence-corrected chi connectivity index (χ4v) is 2.73. The minimum absolute atomic E-state index is 0.0661. The molecule has 0 saturated heterocycles. The maximum atomic E-state index is 12.3. The number of rotatable bonds is 7. The van der Waals surface area contributed by atoms with Gasteiger partial charge < -0.3 is 14.4 Å². The Hall–Kier alpha value is -2.27. The molecule has 25 heavy (non-hydrogen) atoms. The van der Waals surface area contributed by atoms with Gasteiger partial charge in [0, 0.05) is 24.1 Å². The Kier molecular flexibility index (Phi) is 7.07. The zero-order valence-corrected chi connectivity index (χ0v) is 16.2. The Morgan fingerprint density at radius 2 is 1.96 bits per heavy atom. The molecule has 2 rings (SSSR count). The Morgan fingerprint density at radius 3 is 2.64 bits per heavy atom. The summed E-state index contributed by atoms with van der Waals surface area (Å²) in [4.78, 5) is 14.0. The second-order valence-corrected chi connectivity index (χ2v) is 6.32. The average molecular weight is 404 g/mol. The number of hydrogen-bond acceptors (Lipinski definition) is 3. The summed E-state index contributed by atoms with van der Waals surface area (Å²) in [6, 6.07) is 13.5. The van der Waals surface area contributed by atoms with Crippen molar-refractivity contribution in [2.24, 2.45) is 0 Å². The number of methoxy groups -OCH3 is 1. The SMILES string of the molecule is CCOc1ccc(/C=C/C(=O)N(C)Cc2ccccc2Br)cc1OC. The molecular weight excluding hydrogens is 382 g/mol. The molecular formula is C20H22BrNO3. The Morgan fingerprint density at radius 1 is 1.20 bits per heavy atom. The lowest BCUT2D eigenvalue weighted by atomic mass is 10.1. The van der Waals surface area contributed by atoms with Crippen molar-refractivity contribution in [3.8, 4) is 11.5 Å². The van der Waals surface area contributed by atoms with Crippen molar-refractivity contribution in [1.82, 2.24) is 4.90 Å². The molecule has 0 radical (unpaired) electrons. The van der Waals surface area contributed by atoms with Gasteiger partial charge in [-0.05, 0) is 42.3 Å². The van der Waals surface area contributed by atoms with Gasteiger partial charge in [-0.3, -0.25) is 4.79 Å². The third kappa shape index (κ3) is 5.36. The molecule has 5 heteroatoms. The van der Waals surface area contributed by atoms with E-state index in [2.05, 4.69) is 15.9 Å². The van der Waals surface area contributed by atoms with E-state index in [0.717, 1.165) is 15.6 Å². The molecule has 0 N–H and O–H groups in total. The van der Waals surface area contributed by atoms with Crippen LogP contribution in [0.2, 0.25) is 0 Å². The van der Waals surface area contributed by atoms with Crippen molar-refractivity contribution >= 4 is 27.9 Å². The van der Waals surface area contributed by atoms with E-state index in [1.165, 1.54) is 0 Å². The molecule has 0 unspecified atom stereocenters. The van der Waals surface area contributed by atoms with Crippen LogP contribution in [-0.4, -0.2) is 31.6 Å². The number of carbonyl (C=O) groups is 1. The summed E-state index contributed by atoms with van der Waals surface area (Å²) in [5, 5.41) is 0. The zero-order chi connectivity index (χ0) is 18.2. The van der Waals surface area contributed by atoms with Gasteiger partial charge in [0.1, 0.15) is 0 Å². The van der Waals surface area contributed by atoms with Gasteiger partial charge >= 0.3 is 0 Å². The fraction of sp³-hybridized carbons (Fsp3) is 0.250. The quantitative estimate of drug-likeness (QED) is 0.637. The largest absolute Gasteiger partial charge is 0.493 e. The summed E-state index contributed by atoms with van der Waals surface area (Å²) < 4.78 is 11.8. The Bertz CT molecular complexity index is 758. The zero-order valence-electron chi connectivity index (χ0n) is 14.7. The van der Waals surface area contributed by atoms with Crippen LogP contribution in [0.5, 0.6) is 11.5 Å². The van der Waals surface area contributed by atoms with Crippen LogP contribution in [-0.2, 0) is 11.3 Å². The lowest BCUT2D eigenvalue weighted by Crippen LogP contribution is -2.24. The predicted molar refractivity (Wildman–Crippen MR) is 104 cm³/mol. The minimum atomic E-state index is -0.0661. The van der Waals surface area contributed by atoms with Crippen molar-refractivity contribution in [3.05, 3.63) is 64.1 Å². The number of halogens is 1. The average Bonchev–Trinajstić information content (AvgIpc) is 2.62. The van der Waals surface area contributed by atoms with Gasteiger partial charge in [0.05, 0.1) is 13.7 Å². The number of nitrogens with zero attached hydrogens (tertiary/aromatic N) is 1. The van der Waals surface area contributed by atoms with Gasteiger partial charge in [0.2, 0.25) is 5.91 Å². The highest BCUT2D eigenvalue weighted by Gasteiger charge is 2.08. The third-order valence-corrected chi connectivity index (χ3v) is 4.42. The van der Waals surface area contributed by atoms with Gasteiger partial charge in [-0.15, -0.1) is 0 Å². The summed E-state index contributed by atoms with van der Waals surface area (Å²) in [5.41, 5.74) is 1.94. The van der Waals surface area contributed by atoms with Crippen LogP contribution in [0.15, 0.2) is 53.0 Å². The Labute approximate surface area is 157 Å². The normalized spacial score (nSPS) is 10.7. The van der Waals surface area contributed by atoms with Gasteiger partial charge in [-0.25, -0.2) is 0 Å². The number of amides is 1. The van der Waals surface area contributed by atoms with Gasteiger partial charge in [-0.1, -0.05) is 40.2 Å². The summed E-state index contributed by atoms with van der Waals surface area (Å²) in [6.45, 7) is 3.04. The number of carbonyl (C=O) groups excluding carboxylic acids is 1. The number of ether oxygens (including phenoxy) is 2. The highest BCUT2D eigenvalue weighted by atomic mass is 79.9. The van der Waals surface area contributed by atoms with Gasteiger partial charge in [0.15, 0.2) is 11.5 Å². The molecule has 0 spiro atoms. The maximum absolute atomic E-state index is 12.3. The van der Waals surface area contributed by atoms with E-state index in [1.807, 2.05) is 49.4 Å². The smallest absolute Gasteiger partial charge is 0.246 e. The Balaban J connectivity index is 2.05. The minimum Gasteiger partial charge on any atom is -0.493 e. The van der Waals surface area contributed by atoms with Crippen LogP contribution in [0.25, 0.3) is 6.08 Å². The van der Waals surface area contributed by atoms with E-state index < -0.39 is 0 Å². The monoisotopic (exact) mass is 403 g/mol. The van der Waals surface area contributed by atoms with Crippen molar-refractivity contribution in [2.75, 3.05) is 20.8 Å². The number of benzene rings is 2. The molecule has 2 aromatic carbocycles. The van der Waals surface area contributed by atoms with Crippen LogP contribution in [0.3, 0.4) is 0 Å². The van der Waals surface area contributed by atoms with Crippen LogP contribution >= 0.6 is 15.9 Å². The number of likely N-dealkylation sites (N-methyl/N-ethyl adjacent to an activating group) is 1. The summed E-state index contributed by atoms with van der Waals surface area (Å²) in [7, 11) is 3.38. The van der Waals surface area contributed by atoms with E-state index >= 15 is 0 Å². The van der Waals surface area contributed by atoms with E-state index in [0.29, 0.717) is 24.7 Å². The molecule has 0 aliphatic heterocycles. The lowest BCUT2D eigenvalue weighted by molar-refractivity contribution is -0.125. The summed E-state index contributed by atoms with van der Waals surface area (Å²) in [5.74, 6) is 1.28. The maximum Gasteiger partial charge on any atom is 0.246 e. The topological polar surface area (TPSA) is 38.8 Å². The number of hydrogen-bond donors (Lipinski definition) is 0. The van der Waals surface area contributed by atoms with Crippen molar-refractivity contribution in [1.29, 1.82) is 0 Å². The molecule has 0 aliphatic rings. The van der Waals surface area contributed by atoms with Crippen molar-refractivity contribution in [2.45, 2.75) is 13.5 Å². The van der Waals surface area contributed by atoms with Crippen molar-refractivity contribution < 1.29 is 14.3 Å². The van der Waals surface area contributed by atoms with E-state index in [-0.39, 0.29) is 5.91 Å². The third-order valence-electron chi connectivity index (χ3n) is 3.65. The predicted octanol–water partition coefficient (Wildman–Crippen LogP) is 4.53. The standard InChI is InChI=1S/C20H22BrNO3/c1-4-25-18-11-9-15(13-19(18)24-3)10-12-20(23)22(2)14-16-7-5-6-8-17(16)21/h5-13H,4,14H2,1-3H3/b12-10+. The van der Waals surface area contributed by atoms with Crippen LogP contribution in [0.1, 0.15) is 18.1 Å². The molecule has 0 saturated carbocycles. The molecule has 0 aromatic heterocycles. The van der Waals surface area contributed by atoms with Gasteiger partial charge in [-0.2, -0.15) is 0 Å². The first-order chi connectivity index (χ1) is 12.0. The first-order valence-corrected chi connectivity index (χ1v) is 8.82. The molecule has 4 nitrogen and oxygen atoms in total. The molecule has 132 valence electrons. The molecule has 2 aromatic rings. The van der Waals surface area contributed by atoms with Crippen LogP contribution in [0.4, 0.5) is 0 Å². The molecule has 1 amide bonds. The van der Waals surface area contributed by atoms with E-state index in [9.17, 15) is 4.79 Å². The molecule has 0 bridgehead atoms. The summed E-state index contributed by atoms with van der Waals surface area (Å²) >= 11 is 3.50.